The summed E-state index contributed by atoms with van der Waals surface area (Å²) in [5.74, 6) is -0.870. The maximum absolute atomic E-state index is 11.7. The van der Waals surface area contributed by atoms with Crippen LogP contribution in [0.1, 0.15) is 22.3 Å². The Morgan fingerprint density at radius 2 is 2.22 bits per heavy atom. The molecule has 1 heterocycles. The average Bonchev–Trinajstić information content (AvgIpc) is 2.68. The first-order valence-corrected chi connectivity index (χ1v) is 5.89. The van der Waals surface area contributed by atoms with Gasteiger partial charge >= 0.3 is 5.97 Å². The van der Waals surface area contributed by atoms with Crippen LogP contribution in [0.15, 0.2) is 24.3 Å². The molecule has 0 bridgehead atoms. The molecule has 1 atom stereocenters. The second-order valence-corrected chi connectivity index (χ2v) is 4.44. The lowest BCUT2D eigenvalue weighted by Gasteiger charge is -2.13. The van der Waals surface area contributed by atoms with Gasteiger partial charge in [0.25, 0.3) is 0 Å². The number of carbonyl (C=O) groups is 2. The van der Waals surface area contributed by atoms with Crippen molar-refractivity contribution in [3.05, 3.63) is 35.4 Å². The van der Waals surface area contributed by atoms with Crippen LogP contribution < -0.4 is 5.32 Å². The molecule has 1 aromatic carbocycles. The van der Waals surface area contributed by atoms with Crippen molar-refractivity contribution in [3.63, 3.8) is 0 Å². The molecule has 0 aliphatic carbocycles. The van der Waals surface area contributed by atoms with E-state index in [0.717, 1.165) is 13.0 Å². The number of hydrogen-bond donors (Lipinski definition) is 2. The number of likely N-dealkylation sites (N-methyl/N-ethyl adjacent to an activating group) is 1. The number of aromatic carboxylic acids is 1. The summed E-state index contributed by atoms with van der Waals surface area (Å²) >= 11 is 0. The smallest absolute Gasteiger partial charge is 0.336 e. The van der Waals surface area contributed by atoms with Crippen molar-refractivity contribution < 1.29 is 14.7 Å². The largest absolute Gasteiger partial charge is 0.478 e. The molecule has 0 spiro atoms. The first-order valence-electron chi connectivity index (χ1n) is 5.89. The van der Waals surface area contributed by atoms with Crippen LogP contribution in [0.4, 0.5) is 0 Å². The maximum Gasteiger partial charge on any atom is 0.336 e. The van der Waals surface area contributed by atoms with Gasteiger partial charge in [-0.15, -0.1) is 0 Å². The Balaban J connectivity index is 2.03. The highest BCUT2D eigenvalue weighted by molar-refractivity contribution is 5.89. The Morgan fingerprint density at radius 1 is 1.50 bits per heavy atom. The quantitative estimate of drug-likeness (QED) is 0.823. The zero-order chi connectivity index (χ0) is 13.1. The minimum absolute atomic E-state index is 0.0720. The van der Waals surface area contributed by atoms with Crippen LogP contribution in [0.2, 0.25) is 0 Å². The Bertz CT molecular complexity index is 473. The topological polar surface area (TPSA) is 69.6 Å². The molecule has 96 valence electrons. The van der Waals surface area contributed by atoms with Crippen molar-refractivity contribution in [1.29, 1.82) is 0 Å². The first-order chi connectivity index (χ1) is 8.59. The summed E-state index contributed by atoms with van der Waals surface area (Å²) < 4.78 is 0. The minimum atomic E-state index is -0.942. The molecule has 0 saturated carbocycles. The van der Waals surface area contributed by atoms with Crippen LogP contribution in [0.5, 0.6) is 0 Å². The Morgan fingerprint density at radius 3 is 2.83 bits per heavy atom. The van der Waals surface area contributed by atoms with Crippen molar-refractivity contribution in [3.8, 4) is 0 Å². The average molecular weight is 248 g/mol. The third kappa shape index (κ3) is 2.51. The van der Waals surface area contributed by atoms with E-state index in [4.69, 9.17) is 5.11 Å². The third-order valence-electron chi connectivity index (χ3n) is 3.21. The van der Waals surface area contributed by atoms with E-state index in [2.05, 4.69) is 5.32 Å². The summed E-state index contributed by atoms with van der Waals surface area (Å²) in [5.41, 5.74) is 0.983. The van der Waals surface area contributed by atoms with E-state index < -0.39 is 5.97 Å². The molecular weight excluding hydrogens is 232 g/mol. The SMILES string of the molecule is CN1CCC(NCc2ccccc2C(=O)O)C1=O. The highest BCUT2D eigenvalue weighted by atomic mass is 16.4. The fraction of sp³-hybridized carbons (Fsp3) is 0.385. The van der Waals surface area contributed by atoms with E-state index in [9.17, 15) is 9.59 Å². The fourth-order valence-electron chi connectivity index (χ4n) is 2.13. The summed E-state index contributed by atoms with van der Waals surface area (Å²) in [6.07, 6.45) is 0.768. The van der Waals surface area contributed by atoms with Gasteiger partial charge in [-0.2, -0.15) is 0 Å². The van der Waals surface area contributed by atoms with Gasteiger partial charge < -0.3 is 15.3 Å². The van der Waals surface area contributed by atoms with Crippen LogP contribution in [-0.2, 0) is 11.3 Å². The minimum Gasteiger partial charge on any atom is -0.478 e. The third-order valence-corrected chi connectivity index (χ3v) is 3.21. The van der Waals surface area contributed by atoms with Crippen LogP contribution in [0.25, 0.3) is 0 Å². The van der Waals surface area contributed by atoms with Crippen molar-refractivity contribution >= 4 is 11.9 Å². The Hall–Kier alpha value is -1.88. The second kappa shape index (κ2) is 5.18. The highest BCUT2D eigenvalue weighted by Gasteiger charge is 2.28. The van der Waals surface area contributed by atoms with Gasteiger partial charge in [-0.3, -0.25) is 4.79 Å². The monoisotopic (exact) mass is 248 g/mol. The van der Waals surface area contributed by atoms with Crippen molar-refractivity contribution in [2.24, 2.45) is 0 Å². The molecule has 5 heteroatoms. The van der Waals surface area contributed by atoms with Crippen molar-refractivity contribution in [2.75, 3.05) is 13.6 Å². The van der Waals surface area contributed by atoms with Gasteiger partial charge in [0.15, 0.2) is 0 Å². The second-order valence-electron chi connectivity index (χ2n) is 4.44. The van der Waals surface area contributed by atoms with Gasteiger partial charge in [0.05, 0.1) is 11.6 Å². The molecule has 1 fully saturated rings. The lowest BCUT2D eigenvalue weighted by molar-refractivity contribution is -0.128. The van der Waals surface area contributed by atoms with Gasteiger partial charge in [-0.05, 0) is 18.1 Å². The molecule has 1 amide bonds. The molecular formula is C13H16N2O3. The molecule has 1 aliphatic heterocycles. The molecule has 0 aromatic heterocycles. The van der Waals surface area contributed by atoms with Crippen LogP contribution in [0.3, 0.4) is 0 Å². The number of likely N-dealkylation sites (tertiary alicyclic amines) is 1. The van der Waals surface area contributed by atoms with Crippen LogP contribution in [0, 0.1) is 0 Å². The van der Waals surface area contributed by atoms with E-state index >= 15 is 0 Å². The summed E-state index contributed by atoms with van der Waals surface area (Å²) in [6.45, 7) is 1.14. The maximum atomic E-state index is 11.7. The summed E-state index contributed by atoms with van der Waals surface area (Å²) in [7, 11) is 1.77. The number of nitrogens with one attached hydrogen (secondary N) is 1. The number of hydrogen-bond acceptors (Lipinski definition) is 3. The summed E-state index contributed by atoms with van der Waals surface area (Å²) in [5, 5.41) is 12.2. The van der Waals surface area contributed by atoms with Crippen LogP contribution >= 0.6 is 0 Å². The zero-order valence-corrected chi connectivity index (χ0v) is 10.2. The van der Waals surface area contributed by atoms with Gasteiger partial charge in [-0.1, -0.05) is 18.2 Å². The van der Waals surface area contributed by atoms with Crippen molar-refractivity contribution in [1.82, 2.24) is 10.2 Å². The van der Waals surface area contributed by atoms with E-state index in [1.807, 2.05) is 0 Å². The van der Waals surface area contributed by atoms with E-state index in [1.54, 1.807) is 36.2 Å². The Labute approximate surface area is 105 Å². The predicted octanol–water partition coefficient (Wildman–Crippen LogP) is 0.705. The number of rotatable bonds is 4. The van der Waals surface area contributed by atoms with E-state index in [-0.39, 0.29) is 17.5 Å². The fourth-order valence-corrected chi connectivity index (χ4v) is 2.13. The Kier molecular flexibility index (Phi) is 3.62. The highest BCUT2D eigenvalue weighted by Crippen LogP contribution is 2.12. The van der Waals surface area contributed by atoms with Gasteiger partial charge in [-0.25, -0.2) is 4.79 Å². The molecule has 1 unspecified atom stereocenters. The molecule has 18 heavy (non-hydrogen) atoms. The van der Waals surface area contributed by atoms with Gasteiger partial charge in [0.2, 0.25) is 5.91 Å². The molecule has 2 rings (SSSR count). The molecule has 1 aromatic rings. The lowest BCUT2D eigenvalue weighted by Crippen LogP contribution is -2.36. The van der Waals surface area contributed by atoms with E-state index in [1.165, 1.54) is 0 Å². The summed E-state index contributed by atoms with van der Waals surface area (Å²) in [4.78, 5) is 24.4. The predicted molar refractivity (Wildman–Crippen MR) is 66.3 cm³/mol. The number of nitrogens with zero attached hydrogens (tertiary/aromatic N) is 1. The number of carboxylic acids is 1. The first kappa shape index (κ1) is 12.6. The molecule has 1 saturated heterocycles. The number of amides is 1. The molecule has 5 nitrogen and oxygen atoms in total. The molecule has 2 N–H and O–H groups in total. The number of carbonyl (C=O) groups excluding carboxylic acids is 1. The normalized spacial score (nSPS) is 19.3. The van der Waals surface area contributed by atoms with Crippen molar-refractivity contribution in [2.45, 2.75) is 19.0 Å². The summed E-state index contributed by atoms with van der Waals surface area (Å²) in [6, 6.07) is 6.63. The van der Waals surface area contributed by atoms with E-state index in [0.29, 0.717) is 12.1 Å². The lowest BCUT2D eigenvalue weighted by atomic mass is 10.1. The number of benzene rings is 1. The van der Waals surface area contributed by atoms with Gasteiger partial charge in [0, 0.05) is 20.1 Å². The van der Waals surface area contributed by atoms with Gasteiger partial charge in [0.1, 0.15) is 0 Å². The standard InChI is InChI=1S/C13H16N2O3/c1-15-7-6-11(12(15)16)14-8-9-4-2-3-5-10(9)13(17)18/h2-5,11,14H,6-8H2,1H3,(H,17,18). The van der Waals surface area contributed by atoms with Crippen LogP contribution in [-0.4, -0.2) is 41.5 Å². The number of carboxylic acid groups (broad SMARTS) is 1. The molecule has 1 aliphatic rings. The zero-order valence-electron chi connectivity index (χ0n) is 10.2. The molecule has 0 radical (unpaired) electrons.